The largest absolute Gasteiger partial charge is 0.464 e. The van der Waals surface area contributed by atoms with E-state index in [0.29, 0.717) is 6.54 Å². The van der Waals surface area contributed by atoms with E-state index in [4.69, 9.17) is 4.42 Å². The Hall–Kier alpha value is -2.60. The lowest BCUT2D eigenvalue weighted by Crippen LogP contribution is -2.39. The van der Waals surface area contributed by atoms with Crippen LogP contribution in [-0.4, -0.2) is 48.8 Å². The van der Waals surface area contributed by atoms with Gasteiger partial charge in [-0.05, 0) is 51.1 Å². The van der Waals surface area contributed by atoms with Crippen molar-refractivity contribution in [2.75, 3.05) is 32.5 Å². The summed E-state index contributed by atoms with van der Waals surface area (Å²) in [5.41, 5.74) is 2.87. The van der Waals surface area contributed by atoms with Gasteiger partial charge in [0.25, 0.3) is 0 Å². The molecular formula is C20H27N3O3. The van der Waals surface area contributed by atoms with E-state index in [1.807, 2.05) is 51.1 Å². The molecule has 1 aromatic carbocycles. The van der Waals surface area contributed by atoms with Gasteiger partial charge in [0.05, 0.1) is 19.6 Å². The van der Waals surface area contributed by atoms with Crippen molar-refractivity contribution in [3.05, 3.63) is 53.0 Å². The fourth-order valence-electron chi connectivity index (χ4n) is 2.74. The number of likely N-dealkylation sites (N-methyl/N-ethyl adjacent to an activating group) is 2. The molecule has 1 N–H and O–H groups in total. The minimum atomic E-state index is -0.137. The number of hydrogen-bond acceptors (Lipinski definition) is 4. The molecular weight excluding hydrogens is 330 g/mol. The highest BCUT2D eigenvalue weighted by Gasteiger charge is 2.16. The van der Waals surface area contributed by atoms with E-state index >= 15 is 0 Å². The summed E-state index contributed by atoms with van der Waals surface area (Å²) < 4.78 is 5.49. The van der Waals surface area contributed by atoms with E-state index in [9.17, 15) is 9.59 Å². The van der Waals surface area contributed by atoms with Crippen molar-refractivity contribution in [2.45, 2.75) is 27.3 Å². The number of rotatable bonds is 7. The smallest absolute Gasteiger partial charge is 0.238 e. The molecule has 26 heavy (non-hydrogen) atoms. The first-order chi connectivity index (χ1) is 12.3. The Labute approximate surface area is 154 Å². The lowest BCUT2D eigenvalue weighted by molar-refractivity contribution is -0.131. The van der Waals surface area contributed by atoms with Crippen LogP contribution in [0, 0.1) is 20.8 Å². The Morgan fingerprint density at radius 3 is 2.23 bits per heavy atom. The van der Waals surface area contributed by atoms with E-state index < -0.39 is 0 Å². The third-order valence-electron chi connectivity index (χ3n) is 4.18. The van der Waals surface area contributed by atoms with E-state index in [0.717, 1.165) is 28.3 Å². The molecule has 2 aromatic rings. The molecule has 1 heterocycles. The summed E-state index contributed by atoms with van der Waals surface area (Å²) in [4.78, 5) is 27.9. The molecule has 0 aliphatic carbocycles. The molecule has 0 radical (unpaired) electrons. The molecule has 140 valence electrons. The van der Waals surface area contributed by atoms with Gasteiger partial charge in [-0.25, -0.2) is 0 Å². The zero-order chi connectivity index (χ0) is 19.3. The highest BCUT2D eigenvalue weighted by atomic mass is 16.3. The summed E-state index contributed by atoms with van der Waals surface area (Å²) in [6.45, 7) is 6.51. The van der Waals surface area contributed by atoms with Crippen LogP contribution in [0.25, 0.3) is 0 Å². The van der Waals surface area contributed by atoms with Crippen LogP contribution in [0.2, 0.25) is 0 Å². The molecule has 6 heteroatoms. The van der Waals surface area contributed by atoms with Crippen LogP contribution in [0.4, 0.5) is 5.69 Å². The number of furan rings is 1. The first kappa shape index (κ1) is 19.7. The van der Waals surface area contributed by atoms with Crippen molar-refractivity contribution in [1.82, 2.24) is 9.80 Å². The zero-order valence-electron chi connectivity index (χ0n) is 16.1. The number of anilines is 1. The highest BCUT2D eigenvalue weighted by molar-refractivity contribution is 5.94. The molecule has 0 saturated heterocycles. The number of para-hydroxylation sites is 1. The Morgan fingerprint density at radius 1 is 1.00 bits per heavy atom. The molecule has 0 bridgehead atoms. The second-order valence-electron chi connectivity index (χ2n) is 6.75. The van der Waals surface area contributed by atoms with Crippen LogP contribution in [0.15, 0.2) is 34.7 Å². The molecule has 0 aliphatic rings. The summed E-state index contributed by atoms with van der Waals surface area (Å²) in [5.74, 6) is 1.36. The summed E-state index contributed by atoms with van der Waals surface area (Å²) in [7, 11) is 3.48. The van der Waals surface area contributed by atoms with Gasteiger partial charge >= 0.3 is 0 Å². The van der Waals surface area contributed by atoms with Gasteiger partial charge in [0.2, 0.25) is 11.8 Å². The maximum absolute atomic E-state index is 12.3. The quantitative estimate of drug-likeness (QED) is 0.827. The summed E-state index contributed by atoms with van der Waals surface area (Å²) in [6, 6.07) is 9.61. The van der Waals surface area contributed by atoms with Crippen molar-refractivity contribution < 1.29 is 14.0 Å². The normalized spacial score (nSPS) is 10.8. The SMILES string of the molecule is Cc1ccc(CN(C)C(=O)CN(C)CC(=O)Nc2c(C)cccc2C)o1. The Bertz CT molecular complexity index is 762. The molecule has 0 unspecified atom stereocenters. The first-order valence-electron chi connectivity index (χ1n) is 8.60. The third-order valence-corrected chi connectivity index (χ3v) is 4.18. The van der Waals surface area contributed by atoms with E-state index in [1.54, 1.807) is 23.9 Å². The lowest BCUT2D eigenvalue weighted by Gasteiger charge is -2.21. The molecule has 0 atom stereocenters. The average molecular weight is 357 g/mol. The molecule has 0 spiro atoms. The van der Waals surface area contributed by atoms with Crippen LogP contribution < -0.4 is 5.32 Å². The number of carbonyl (C=O) groups excluding carboxylic acids is 2. The predicted molar refractivity (Wildman–Crippen MR) is 102 cm³/mol. The Morgan fingerprint density at radius 2 is 1.65 bits per heavy atom. The highest BCUT2D eigenvalue weighted by Crippen LogP contribution is 2.19. The lowest BCUT2D eigenvalue weighted by atomic mass is 10.1. The van der Waals surface area contributed by atoms with Gasteiger partial charge < -0.3 is 14.6 Å². The monoisotopic (exact) mass is 357 g/mol. The topological polar surface area (TPSA) is 65.8 Å². The van der Waals surface area contributed by atoms with Crippen molar-refractivity contribution >= 4 is 17.5 Å². The summed E-state index contributed by atoms with van der Waals surface area (Å²) in [5, 5.41) is 2.93. The van der Waals surface area contributed by atoms with E-state index in [-0.39, 0.29) is 24.9 Å². The predicted octanol–water partition coefficient (Wildman–Crippen LogP) is 2.73. The molecule has 2 amide bonds. The maximum atomic E-state index is 12.3. The number of amides is 2. The number of benzene rings is 1. The van der Waals surface area contributed by atoms with Crippen LogP contribution in [0.3, 0.4) is 0 Å². The molecule has 1 aromatic heterocycles. The zero-order valence-corrected chi connectivity index (χ0v) is 16.1. The van der Waals surface area contributed by atoms with Gasteiger partial charge in [0.1, 0.15) is 11.5 Å². The summed E-state index contributed by atoms with van der Waals surface area (Å²) >= 11 is 0. The van der Waals surface area contributed by atoms with Gasteiger partial charge in [0.15, 0.2) is 0 Å². The van der Waals surface area contributed by atoms with Gasteiger partial charge in [-0.2, -0.15) is 0 Å². The minimum absolute atomic E-state index is 0.0681. The summed E-state index contributed by atoms with van der Waals surface area (Å²) in [6.07, 6.45) is 0. The van der Waals surface area contributed by atoms with Gasteiger partial charge in [-0.3, -0.25) is 14.5 Å². The molecule has 0 fully saturated rings. The second kappa shape index (κ2) is 8.67. The Kier molecular flexibility index (Phi) is 6.58. The van der Waals surface area contributed by atoms with Crippen LogP contribution >= 0.6 is 0 Å². The standard InChI is InChI=1S/C20H27N3O3/c1-14-7-6-8-15(2)20(14)21-18(24)12-22(4)13-19(25)23(5)11-17-10-9-16(3)26-17/h6-10H,11-13H2,1-5H3,(H,21,24). The first-order valence-corrected chi connectivity index (χ1v) is 8.60. The van der Waals surface area contributed by atoms with Gasteiger partial charge in [-0.1, -0.05) is 18.2 Å². The van der Waals surface area contributed by atoms with E-state index in [1.165, 1.54) is 0 Å². The van der Waals surface area contributed by atoms with Crippen LogP contribution in [0.1, 0.15) is 22.6 Å². The van der Waals surface area contributed by atoms with E-state index in [2.05, 4.69) is 5.32 Å². The molecule has 0 aliphatic heterocycles. The second-order valence-corrected chi connectivity index (χ2v) is 6.75. The van der Waals surface area contributed by atoms with Crippen molar-refractivity contribution in [3.63, 3.8) is 0 Å². The molecule has 2 rings (SSSR count). The number of carbonyl (C=O) groups is 2. The average Bonchev–Trinajstić information content (AvgIpc) is 2.95. The molecule has 0 saturated carbocycles. The van der Waals surface area contributed by atoms with Crippen molar-refractivity contribution in [3.8, 4) is 0 Å². The number of nitrogens with one attached hydrogen (secondary N) is 1. The van der Waals surface area contributed by atoms with Gasteiger partial charge in [-0.15, -0.1) is 0 Å². The van der Waals surface area contributed by atoms with Crippen LogP contribution in [0.5, 0.6) is 0 Å². The van der Waals surface area contributed by atoms with Gasteiger partial charge in [0, 0.05) is 12.7 Å². The fraction of sp³-hybridized carbons (Fsp3) is 0.400. The number of aryl methyl sites for hydroxylation is 3. The van der Waals surface area contributed by atoms with Crippen LogP contribution in [-0.2, 0) is 16.1 Å². The van der Waals surface area contributed by atoms with Crippen molar-refractivity contribution in [1.29, 1.82) is 0 Å². The minimum Gasteiger partial charge on any atom is -0.464 e. The number of hydrogen-bond donors (Lipinski definition) is 1. The molecule has 6 nitrogen and oxygen atoms in total. The van der Waals surface area contributed by atoms with Crippen molar-refractivity contribution in [2.24, 2.45) is 0 Å². The third kappa shape index (κ3) is 5.46. The Balaban J connectivity index is 1.84. The number of nitrogens with zero attached hydrogens (tertiary/aromatic N) is 2. The maximum Gasteiger partial charge on any atom is 0.238 e. The fourth-order valence-corrected chi connectivity index (χ4v) is 2.74.